The predicted octanol–water partition coefficient (Wildman–Crippen LogP) is 3.39. The van der Waals surface area contributed by atoms with E-state index in [0.29, 0.717) is 0 Å². The average molecular weight is 332 g/mol. The summed E-state index contributed by atoms with van der Waals surface area (Å²) in [6.07, 6.45) is -3.82. The summed E-state index contributed by atoms with van der Waals surface area (Å²) in [5.74, 6) is -30.6. The summed E-state index contributed by atoms with van der Waals surface area (Å²) in [5, 5.41) is 8.19. The molecule has 21 heavy (non-hydrogen) atoms. The van der Waals surface area contributed by atoms with Crippen molar-refractivity contribution in [1.29, 1.82) is 0 Å². The first-order valence-electron chi connectivity index (χ1n) is 4.93. The van der Waals surface area contributed by atoms with Crippen molar-refractivity contribution in [1.82, 2.24) is 0 Å². The number of rotatable bonds is 1. The van der Waals surface area contributed by atoms with Gasteiger partial charge in [0.05, 0.1) is 5.57 Å². The molecule has 1 N–H and O–H groups in total. The van der Waals surface area contributed by atoms with Gasteiger partial charge in [-0.05, 0) is 0 Å². The molecule has 2 aliphatic carbocycles. The topological polar surface area (TPSA) is 37.3 Å². The molecule has 2 fully saturated rings. The Hall–Kier alpha value is -1.49. The number of carboxylic acid groups (broad SMARTS) is 1. The number of carboxylic acids is 1. The van der Waals surface area contributed by atoms with E-state index in [1.54, 1.807) is 0 Å². The Morgan fingerprint density at radius 2 is 1.29 bits per heavy atom. The van der Waals surface area contributed by atoms with Gasteiger partial charge in [0.15, 0.2) is 5.92 Å². The van der Waals surface area contributed by atoms with Gasteiger partial charge in [-0.2, -0.15) is 26.3 Å². The van der Waals surface area contributed by atoms with E-state index in [1.807, 2.05) is 0 Å². The standard InChI is InChI=1S/C9H2F10O2/c10-3(11)1-5(9(18,19)8(1,16)17)6(12,13)2(4(20)21)7(5,14)15/h2H,(H,20,21). The molecule has 2 rings (SSSR count). The van der Waals surface area contributed by atoms with Crippen LogP contribution in [0.5, 0.6) is 0 Å². The van der Waals surface area contributed by atoms with Gasteiger partial charge in [0.1, 0.15) is 0 Å². The van der Waals surface area contributed by atoms with Gasteiger partial charge >= 0.3 is 17.8 Å². The van der Waals surface area contributed by atoms with Crippen LogP contribution in [-0.4, -0.2) is 34.8 Å². The number of hydrogen-bond donors (Lipinski definition) is 1. The average Bonchev–Trinajstić information content (AvgIpc) is 2.20. The molecule has 2 saturated carbocycles. The Bertz CT molecular complexity index is 543. The predicted molar refractivity (Wildman–Crippen MR) is 42.6 cm³/mol. The minimum absolute atomic E-state index is 2.97. The van der Waals surface area contributed by atoms with Crippen molar-refractivity contribution in [3.8, 4) is 0 Å². The van der Waals surface area contributed by atoms with Crippen LogP contribution < -0.4 is 0 Å². The van der Waals surface area contributed by atoms with E-state index in [9.17, 15) is 48.7 Å². The van der Waals surface area contributed by atoms with Crippen LogP contribution in [-0.2, 0) is 4.79 Å². The second kappa shape index (κ2) is 3.46. The Balaban J connectivity index is 2.79. The van der Waals surface area contributed by atoms with E-state index in [1.165, 1.54) is 0 Å². The van der Waals surface area contributed by atoms with Crippen LogP contribution in [0.1, 0.15) is 0 Å². The zero-order valence-electron chi connectivity index (χ0n) is 9.21. The van der Waals surface area contributed by atoms with Crippen LogP contribution in [0.15, 0.2) is 11.7 Å². The van der Waals surface area contributed by atoms with Gasteiger partial charge in [0.2, 0.25) is 5.41 Å². The van der Waals surface area contributed by atoms with Crippen molar-refractivity contribution >= 4 is 5.97 Å². The maximum Gasteiger partial charge on any atom is 0.339 e. The van der Waals surface area contributed by atoms with Crippen molar-refractivity contribution in [2.75, 3.05) is 0 Å². The summed E-state index contributed by atoms with van der Waals surface area (Å²) in [4.78, 5) is 10.3. The van der Waals surface area contributed by atoms with Gasteiger partial charge in [-0.1, -0.05) is 0 Å². The quantitative estimate of drug-likeness (QED) is 0.748. The molecular formula is C9H2F10O2. The smallest absolute Gasteiger partial charge is 0.339 e. The van der Waals surface area contributed by atoms with E-state index in [4.69, 9.17) is 5.11 Å². The first-order chi connectivity index (χ1) is 9.13. The van der Waals surface area contributed by atoms with Gasteiger partial charge in [-0.15, -0.1) is 0 Å². The highest BCUT2D eigenvalue weighted by molar-refractivity contribution is 5.78. The molecule has 120 valence electrons. The molecule has 0 aliphatic heterocycles. The normalized spacial score (nSPS) is 37.6. The highest BCUT2D eigenvalue weighted by Crippen LogP contribution is 2.85. The van der Waals surface area contributed by atoms with E-state index in [2.05, 4.69) is 0 Å². The minimum atomic E-state index is -6.24. The van der Waals surface area contributed by atoms with Crippen LogP contribution in [0.25, 0.3) is 0 Å². The van der Waals surface area contributed by atoms with E-state index >= 15 is 0 Å². The molecule has 0 amide bonds. The lowest BCUT2D eigenvalue weighted by Crippen LogP contribution is -2.91. The monoisotopic (exact) mass is 332 g/mol. The fourth-order valence-electron chi connectivity index (χ4n) is 2.85. The molecule has 0 radical (unpaired) electrons. The van der Waals surface area contributed by atoms with Gasteiger partial charge < -0.3 is 5.11 Å². The van der Waals surface area contributed by atoms with Crippen molar-refractivity contribution in [3.63, 3.8) is 0 Å². The summed E-state index contributed by atoms with van der Waals surface area (Å²) in [7, 11) is 0. The molecule has 1 spiro atoms. The summed E-state index contributed by atoms with van der Waals surface area (Å²) < 4.78 is 131. The first-order valence-corrected chi connectivity index (χ1v) is 4.93. The second-order valence-corrected chi connectivity index (χ2v) is 4.55. The lowest BCUT2D eigenvalue weighted by molar-refractivity contribution is -0.485. The molecule has 0 unspecified atom stereocenters. The number of alkyl halides is 8. The van der Waals surface area contributed by atoms with Gasteiger partial charge in [-0.3, -0.25) is 4.79 Å². The van der Waals surface area contributed by atoms with Crippen LogP contribution in [0, 0.1) is 11.3 Å². The molecule has 0 aromatic rings. The third kappa shape index (κ3) is 1.14. The van der Waals surface area contributed by atoms with Gasteiger partial charge in [0.25, 0.3) is 17.9 Å². The Morgan fingerprint density at radius 1 is 0.905 bits per heavy atom. The number of allylic oxidation sites excluding steroid dienone is 1. The SMILES string of the molecule is O=C(O)C1C(F)(F)C2(C(=C(F)F)C(F)(F)C2(F)F)C1(F)F. The number of hydrogen-bond acceptors (Lipinski definition) is 1. The fourth-order valence-corrected chi connectivity index (χ4v) is 2.85. The molecule has 2 aliphatic rings. The van der Waals surface area contributed by atoms with Crippen molar-refractivity contribution in [2.45, 2.75) is 23.7 Å². The number of carbonyl (C=O) groups is 1. The zero-order chi connectivity index (χ0) is 16.8. The molecule has 0 bridgehead atoms. The number of halogens is 10. The summed E-state index contributed by atoms with van der Waals surface area (Å²) >= 11 is 0. The van der Waals surface area contributed by atoms with Crippen molar-refractivity contribution in [2.24, 2.45) is 11.3 Å². The second-order valence-electron chi connectivity index (χ2n) is 4.55. The first kappa shape index (κ1) is 15.9. The summed E-state index contributed by atoms with van der Waals surface area (Å²) in [6, 6.07) is 0. The molecular weight excluding hydrogens is 330 g/mol. The lowest BCUT2D eigenvalue weighted by Gasteiger charge is -2.67. The molecule has 0 atom stereocenters. The van der Waals surface area contributed by atoms with Crippen LogP contribution >= 0.6 is 0 Å². The lowest BCUT2D eigenvalue weighted by atomic mass is 9.40. The van der Waals surface area contributed by atoms with E-state index in [-0.39, 0.29) is 0 Å². The van der Waals surface area contributed by atoms with Crippen LogP contribution in [0.4, 0.5) is 43.9 Å². The van der Waals surface area contributed by atoms with Gasteiger partial charge in [-0.25, -0.2) is 17.6 Å². The largest absolute Gasteiger partial charge is 0.481 e. The highest BCUT2D eigenvalue weighted by atomic mass is 19.3. The van der Waals surface area contributed by atoms with Crippen LogP contribution in [0.3, 0.4) is 0 Å². The van der Waals surface area contributed by atoms with Crippen molar-refractivity contribution < 1.29 is 53.8 Å². The molecule has 0 heterocycles. The fraction of sp³-hybridized carbons (Fsp3) is 0.667. The molecule has 0 aromatic heterocycles. The zero-order valence-corrected chi connectivity index (χ0v) is 9.21. The molecule has 2 nitrogen and oxygen atoms in total. The summed E-state index contributed by atoms with van der Waals surface area (Å²) in [5.41, 5.74) is -8.97. The molecule has 0 saturated heterocycles. The third-order valence-electron chi connectivity index (χ3n) is 3.72. The minimum Gasteiger partial charge on any atom is -0.481 e. The van der Waals surface area contributed by atoms with Crippen molar-refractivity contribution in [3.05, 3.63) is 11.7 Å². The van der Waals surface area contributed by atoms with Crippen LogP contribution in [0.2, 0.25) is 0 Å². The summed E-state index contributed by atoms with van der Waals surface area (Å²) in [6.45, 7) is 0. The maximum atomic E-state index is 13.5. The van der Waals surface area contributed by atoms with Gasteiger partial charge in [0, 0.05) is 0 Å². The maximum absolute atomic E-state index is 13.5. The third-order valence-corrected chi connectivity index (χ3v) is 3.72. The highest BCUT2D eigenvalue weighted by Gasteiger charge is 3.08. The molecule has 12 heteroatoms. The number of aliphatic carboxylic acids is 1. The Labute approximate surface area is 108 Å². The van der Waals surface area contributed by atoms with E-state index < -0.39 is 52.6 Å². The Kier molecular flexibility index (Phi) is 2.62. The molecule has 0 aromatic carbocycles. The van der Waals surface area contributed by atoms with E-state index in [0.717, 1.165) is 0 Å². The Morgan fingerprint density at radius 3 is 1.57 bits per heavy atom.